The molecule has 0 saturated carbocycles. The van der Waals surface area contributed by atoms with Crippen LogP contribution in [-0.2, 0) is 6.54 Å². The van der Waals surface area contributed by atoms with Crippen molar-refractivity contribution < 1.29 is 5.11 Å². The molecule has 0 aliphatic heterocycles. The molecule has 0 saturated heterocycles. The number of hydrogen-bond donors (Lipinski definition) is 2. The highest BCUT2D eigenvalue weighted by Crippen LogP contribution is 2.16. The number of nitrogens with one attached hydrogen (secondary N) is 1. The van der Waals surface area contributed by atoms with E-state index in [9.17, 15) is 5.11 Å². The van der Waals surface area contributed by atoms with Gasteiger partial charge in [0.1, 0.15) is 10.7 Å². The van der Waals surface area contributed by atoms with Crippen LogP contribution in [0.4, 0.5) is 0 Å². The summed E-state index contributed by atoms with van der Waals surface area (Å²) in [6.45, 7) is 2.72. The molecule has 0 unspecified atom stereocenters. The maximum absolute atomic E-state index is 9.69. The summed E-state index contributed by atoms with van der Waals surface area (Å²) in [5, 5.41) is 12.8. The molecule has 2 N–H and O–H groups in total. The Morgan fingerprint density at radius 1 is 1.11 bits per heavy atom. The van der Waals surface area contributed by atoms with Gasteiger partial charge in [-0.15, -0.1) is 0 Å². The molecule has 0 aromatic heterocycles. The average molecular weight is 257 g/mol. The Morgan fingerprint density at radius 3 is 2.44 bits per heavy atom. The lowest BCUT2D eigenvalue weighted by Gasteiger charge is -2.09. The van der Waals surface area contributed by atoms with Gasteiger partial charge in [-0.2, -0.15) is 0 Å². The molecule has 0 aliphatic rings. The normalized spacial score (nSPS) is 10.1. The van der Waals surface area contributed by atoms with Crippen LogP contribution in [0.1, 0.15) is 16.7 Å². The van der Waals surface area contributed by atoms with E-state index in [4.69, 9.17) is 12.2 Å². The van der Waals surface area contributed by atoms with Gasteiger partial charge < -0.3 is 10.4 Å². The van der Waals surface area contributed by atoms with E-state index in [1.54, 1.807) is 18.2 Å². The minimum absolute atomic E-state index is 0.207. The van der Waals surface area contributed by atoms with Gasteiger partial charge in [-0.25, -0.2) is 0 Å². The number of thiocarbonyl (C=S) groups is 1. The molecule has 0 spiro atoms. The highest BCUT2D eigenvalue weighted by molar-refractivity contribution is 7.80. The molecule has 0 heterocycles. The van der Waals surface area contributed by atoms with E-state index >= 15 is 0 Å². The fourth-order valence-corrected chi connectivity index (χ4v) is 1.89. The minimum Gasteiger partial charge on any atom is -0.507 e. The molecule has 2 aromatic carbocycles. The zero-order chi connectivity index (χ0) is 13.0. The summed E-state index contributed by atoms with van der Waals surface area (Å²) in [6.07, 6.45) is 0. The van der Waals surface area contributed by atoms with Gasteiger partial charge in [0.25, 0.3) is 0 Å². The smallest absolute Gasteiger partial charge is 0.125 e. The standard InChI is InChI=1S/C15H15NOS/c1-11-6-8-12(9-7-11)10-16-15(18)13-4-2-3-5-14(13)17/h2-9,17H,10H2,1H3,(H,16,18). The lowest BCUT2D eigenvalue weighted by atomic mass is 10.1. The first-order valence-corrected chi connectivity index (χ1v) is 6.19. The van der Waals surface area contributed by atoms with Gasteiger partial charge in [0.05, 0.1) is 5.56 Å². The van der Waals surface area contributed by atoms with Gasteiger partial charge in [-0.1, -0.05) is 54.2 Å². The van der Waals surface area contributed by atoms with Crippen LogP contribution in [0.25, 0.3) is 0 Å². The fraction of sp³-hybridized carbons (Fsp3) is 0.133. The second kappa shape index (κ2) is 5.65. The Bertz CT molecular complexity index is 549. The highest BCUT2D eigenvalue weighted by atomic mass is 32.1. The van der Waals surface area contributed by atoms with Crippen LogP contribution >= 0.6 is 12.2 Å². The molecule has 0 bridgehead atoms. The predicted octanol–water partition coefficient (Wildman–Crippen LogP) is 3.17. The number of aryl methyl sites for hydroxylation is 1. The van der Waals surface area contributed by atoms with Crippen molar-refractivity contribution in [3.63, 3.8) is 0 Å². The van der Waals surface area contributed by atoms with Crippen molar-refractivity contribution in [3.05, 3.63) is 65.2 Å². The number of benzene rings is 2. The van der Waals surface area contributed by atoms with Gasteiger partial charge in [-0.05, 0) is 24.6 Å². The number of aromatic hydroxyl groups is 1. The van der Waals surface area contributed by atoms with E-state index in [0.29, 0.717) is 17.1 Å². The topological polar surface area (TPSA) is 32.3 Å². The van der Waals surface area contributed by atoms with Crippen LogP contribution < -0.4 is 5.32 Å². The van der Waals surface area contributed by atoms with Crippen LogP contribution in [0.3, 0.4) is 0 Å². The molecule has 0 radical (unpaired) electrons. The van der Waals surface area contributed by atoms with Crippen molar-refractivity contribution in [1.82, 2.24) is 5.32 Å². The SMILES string of the molecule is Cc1ccc(CNC(=S)c2ccccc2O)cc1. The molecule has 2 nitrogen and oxygen atoms in total. The lowest BCUT2D eigenvalue weighted by molar-refractivity contribution is 0.474. The van der Waals surface area contributed by atoms with Gasteiger partial charge >= 0.3 is 0 Å². The van der Waals surface area contributed by atoms with Crippen molar-refractivity contribution in [2.75, 3.05) is 0 Å². The zero-order valence-corrected chi connectivity index (χ0v) is 11.0. The zero-order valence-electron chi connectivity index (χ0n) is 10.2. The molecule has 0 aliphatic carbocycles. The molecular formula is C15H15NOS. The molecule has 2 rings (SSSR count). The van der Waals surface area contributed by atoms with Gasteiger partial charge in [0.15, 0.2) is 0 Å². The number of phenols is 1. The van der Waals surface area contributed by atoms with E-state index in [0.717, 1.165) is 0 Å². The van der Waals surface area contributed by atoms with Crippen molar-refractivity contribution >= 4 is 17.2 Å². The van der Waals surface area contributed by atoms with Crippen LogP contribution in [0, 0.1) is 6.92 Å². The van der Waals surface area contributed by atoms with E-state index in [1.165, 1.54) is 11.1 Å². The highest BCUT2D eigenvalue weighted by Gasteiger charge is 2.05. The lowest BCUT2D eigenvalue weighted by Crippen LogP contribution is -2.21. The van der Waals surface area contributed by atoms with Gasteiger partial charge in [-0.3, -0.25) is 0 Å². The summed E-state index contributed by atoms with van der Waals surface area (Å²) in [6, 6.07) is 15.3. The molecule has 3 heteroatoms. The average Bonchev–Trinajstić information content (AvgIpc) is 2.38. The Hall–Kier alpha value is -1.87. The van der Waals surface area contributed by atoms with Crippen LogP contribution in [0.15, 0.2) is 48.5 Å². The Morgan fingerprint density at radius 2 is 1.78 bits per heavy atom. The minimum atomic E-state index is 0.207. The van der Waals surface area contributed by atoms with Crippen LogP contribution in [-0.4, -0.2) is 10.1 Å². The first kappa shape index (κ1) is 12.6. The first-order chi connectivity index (χ1) is 8.66. The monoisotopic (exact) mass is 257 g/mol. The first-order valence-electron chi connectivity index (χ1n) is 5.78. The van der Waals surface area contributed by atoms with Gasteiger partial charge in [0, 0.05) is 6.54 Å². The fourth-order valence-electron chi connectivity index (χ4n) is 1.65. The van der Waals surface area contributed by atoms with Crippen molar-refractivity contribution in [3.8, 4) is 5.75 Å². The van der Waals surface area contributed by atoms with Crippen molar-refractivity contribution in [1.29, 1.82) is 0 Å². The molecule has 92 valence electrons. The third-order valence-corrected chi connectivity index (χ3v) is 3.09. The van der Waals surface area contributed by atoms with Crippen LogP contribution in [0.5, 0.6) is 5.75 Å². The van der Waals surface area contributed by atoms with Gasteiger partial charge in [0.2, 0.25) is 0 Å². The maximum atomic E-state index is 9.69. The molecule has 0 fully saturated rings. The number of phenolic OH excluding ortho intramolecular Hbond substituents is 1. The van der Waals surface area contributed by atoms with E-state index in [2.05, 4.69) is 36.5 Å². The molecular weight excluding hydrogens is 242 g/mol. The number of para-hydroxylation sites is 1. The van der Waals surface area contributed by atoms with Crippen molar-refractivity contribution in [2.45, 2.75) is 13.5 Å². The molecule has 18 heavy (non-hydrogen) atoms. The second-order valence-corrected chi connectivity index (χ2v) is 4.59. The van der Waals surface area contributed by atoms with E-state index < -0.39 is 0 Å². The third-order valence-electron chi connectivity index (χ3n) is 2.72. The summed E-state index contributed by atoms with van der Waals surface area (Å²) < 4.78 is 0. The largest absolute Gasteiger partial charge is 0.507 e. The molecule has 2 aromatic rings. The Kier molecular flexibility index (Phi) is 3.95. The second-order valence-electron chi connectivity index (χ2n) is 4.19. The maximum Gasteiger partial charge on any atom is 0.125 e. The third kappa shape index (κ3) is 3.08. The summed E-state index contributed by atoms with van der Waals surface area (Å²) in [5.74, 6) is 0.207. The van der Waals surface area contributed by atoms with Crippen LogP contribution in [0.2, 0.25) is 0 Å². The van der Waals surface area contributed by atoms with E-state index in [-0.39, 0.29) is 5.75 Å². The number of rotatable bonds is 3. The summed E-state index contributed by atoms with van der Waals surface area (Å²) in [5.41, 5.74) is 3.07. The summed E-state index contributed by atoms with van der Waals surface area (Å²) in [7, 11) is 0. The summed E-state index contributed by atoms with van der Waals surface area (Å²) in [4.78, 5) is 0.564. The Labute approximate surface area is 112 Å². The molecule has 0 amide bonds. The number of hydrogen-bond acceptors (Lipinski definition) is 2. The Balaban J connectivity index is 2.01. The predicted molar refractivity (Wildman–Crippen MR) is 77.8 cm³/mol. The van der Waals surface area contributed by atoms with Crippen molar-refractivity contribution in [2.24, 2.45) is 0 Å². The summed E-state index contributed by atoms with van der Waals surface area (Å²) >= 11 is 5.26. The van der Waals surface area contributed by atoms with E-state index in [1.807, 2.05) is 6.07 Å². The molecule has 0 atom stereocenters. The quantitative estimate of drug-likeness (QED) is 0.828.